The quantitative estimate of drug-likeness (QED) is 0.476. The normalized spacial score (nSPS) is 16.3. The van der Waals surface area contributed by atoms with Crippen molar-refractivity contribution in [3.8, 4) is 0 Å². The predicted octanol–water partition coefficient (Wildman–Crippen LogP) is 1.40. The van der Waals surface area contributed by atoms with E-state index in [0.717, 1.165) is 0 Å². The van der Waals surface area contributed by atoms with Crippen molar-refractivity contribution in [1.29, 1.82) is 0 Å². The fourth-order valence-electron chi connectivity index (χ4n) is 1.14. The molecule has 1 aliphatic carbocycles. The van der Waals surface area contributed by atoms with Gasteiger partial charge in [0, 0.05) is 0 Å². The van der Waals surface area contributed by atoms with Gasteiger partial charge < -0.3 is 4.74 Å². The summed E-state index contributed by atoms with van der Waals surface area (Å²) in [4.78, 5) is 22.6. The van der Waals surface area contributed by atoms with Gasteiger partial charge in [-0.05, 0) is 25.8 Å². The highest BCUT2D eigenvalue weighted by molar-refractivity contribution is 6.24. The zero-order valence-corrected chi connectivity index (χ0v) is 7.79. The molecule has 0 amide bonds. The van der Waals surface area contributed by atoms with Crippen LogP contribution in [0.5, 0.6) is 0 Å². The van der Waals surface area contributed by atoms with E-state index in [4.69, 9.17) is 4.74 Å². The van der Waals surface area contributed by atoms with Gasteiger partial charge in [0.05, 0.1) is 6.61 Å². The molecule has 1 rings (SSSR count). The van der Waals surface area contributed by atoms with Crippen molar-refractivity contribution in [2.45, 2.75) is 20.3 Å². The van der Waals surface area contributed by atoms with Crippen LogP contribution in [0.4, 0.5) is 0 Å². The van der Waals surface area contributed by atoms with E-state index in [1.165, 1.54) is 0 Å². The molecule has 0 N–H and O–H groups in total. The third-order valence-corrected chi connectivity index (χ3v) is 1.84. The Bertz CT molecular complexity index is 297. The Balaban J connectivity index is 2.77. The molecule has 0 heterocycles. The van der Waals surface area contributed by atoms with Crippen molar-refractivity contribution in [1.82, 2.24) is 0 Å². The first kappa shape index (κ1) is 9.71. The molecule has 13 heavy (non-hydrogen) atoms. The molecule has 0 aromatic carbocycles. The van der Waals surface area contributed by atoms with Crippen molar-refractivity contribution in [3.05, 3.63) is 23.3 Å². The Morgan fingerprint density at radius 2 is 2.23 bits per heavy atom. The molecule has 0 radical (unpaired) electrons. The van der Waals surface area contributed by atoms with Crippen LogP contribution in [0.2, 0.25) is 0 Å². The highest BCUT2D eigenvalue weighted by atomic mass is 16.5. The molecule has 0 aromatic heterocycles. The standard InChI is InChI=1S/C10H12O3/c1-3-13-10(12)8-6-4-5-7(2)9(8)11/h5-6H,3-4H2,1-2H3. The lowest BCUT2D eigenvalue weighted by molar-refractivity contribution is -0.139. The summed E-state index contributed by atoms with van der Waals surface area (Å²) in [7, 11) is 0. The van der Waals surface area contributed by atoms with E-state index in [2.05, 4.69) is 0 Å². The number of carbonyl (C=O) groups is 2. The minimum Gasteiger partial charge on any atom is -0.462 e. The number of hydrogen-bond donors (Lipinski definition) is 0. The van der Waals surface area contributed by atoms with E-state index in [1.807, 2.05) is 0 Å². The van der Waals surface area contributed by atoms with Crippen molar-refractivity contribution in [2.75, 3.05) is 6.61 Å². The van der Waals surface area contributed by atoms with Crippen LogP contribution in [-0.2, 0) is 14.3 Å². The van der Waals surface area contributed by atoms with Crippen molar-refractivity contribution < 1.29 is 14.3 Å². The zero-order chi connectivity index (χ0) is 9.84. The monoisotopic (exact) mass is 180 g/mol. The number of esters is 1. The van der Waals surface area contributed by atoms with Gasteiger partial charge in [0.2, 0.25) is 0 Å². The summed E-state index contributed by atoms with van der Waals surface area (Å²) in [5.74, 6) is -0.732. The maximum absolute atomic E-state index is 11.4. The minimum absolute atomic E-state index is 0.168. The zero-order valence-electron chi connectivity index (χ0n) is 7.79. The van der Waals surface area contributed by atoms with E-state index in [9.17, 15) is 9.59 Å². The Hall–Kier alpha value is -1.38. The number of allylic oxidation sites excluding steroid dienone is 3. The van der Waals surface area contributed by atoms with Gasteiger partial charge in [0.1, 0.15) is 5.57 Å². The summed E-state index contributed by atoms with van der Waals surface area (Å²) < 4.78 is 4.74. The van der Waals surface area contributed by atoms with Crippen molar-refractivity contribution in [2.24, 2.45) is 0 Å². The summed E-state index contributed by atoms with van der Waals surface area (Å²) in [6, 6.07) is 0. The molecule has 0 fully saturated rings. The Kier molecular flexibility index (Phi) is 3.01. The third-order valence-electron chi connectivity index (χ3n) is 1.84. The van der Waals surface area contributed by atoms with Gasteiger partial charge in [0.25, 0.3) is 0 Å². The van der Waals surface area contributed by atoms with Crippen molar-refractivity contribution >= 4 is 11.8 Å². The van der Waals surface area contributed by atoms with Gasteiger partial charge in [-0.25, -0.2) is 4.79 Å². The number of ketones is 1. The average Bonchev–Trinajstić information content (AvgIpc) is 2.10. The van der Waals surface area contributed by atoms with Gasteiger partial charge in [-0.15, -0.1) is 0 Å². The summed E-state index contributed by atoms with van der Waals surface area (Å²) in [6.07, 6.45) is 4.03. The van der Waals surface area contributed by atoms with Crippen LogP contribution in [0, 0.1) is 0 Å². The van der Waals surface area contributed by atoms with E-state index in [1.54, 1.807) is 26.0 Å². The van der Waals surface area contributed by atoms with Gasteiger partial charge in [0.15, 0.2) is 5.78 Å². The molecule has 70 valence electrons. The second kappa shape index (κ2) is 4.03. The lowest BCUT2D eigenvalue weighted by atomic mass is 9.98. The number of carbonyl (C=O) groups excluding carboxylic acids is 2. The second-order valence-corrected chi connectivity index (χ2v) is 2.79. The van der Waals surface area contributed by atoms with Gasteiger partial charge in [-0.3, -0.25) is 4.79 Å². The molecule has 0 atom stereocenters. The molecule has 0 bridgehead atoms. The molecule has 0 unspecified atom stereocenters. The molecular formula is C10H12O3. The molecule has 3 nitrogen and oxygen atoms in total. The lowest BCUT2D eigenvalue weighted by Gasteiger charge is -2.09. The first-order chi connectivity index (χ1) is 6.16. The highest BCUT2D eigenvalue weighted by Crippen LogP contribution is 2.15. The van der Waals surface area contributed by atoms with E-state index >= 15 is 0 Å². The smallest absolute Gasteiger partial charge is 0.341 e. The minimum atomic E-state index is -0.514. The van der Waals surface area contributed by atoms with Crippen LogP contribution in [-0.4, -0.2) is 18.4 Å². The number of hydrogen-bond acceptors (Lipinski definition) is 3. The van der Waals surface area contributed by atoms with E-state index in [0.29, 0.717) is 18.6 Å². The molecule has 0 saturated carbocycles. The fraction of sp³-hybridized carbons (Fsp3) is 0.400. The Labute approximate surface area is 77.1 Å². The van der Waals surface area contributed by atoms with Gasteiger partial charge in [-0.2, -0.15) is 0 Å². The molecule has 0 aliphatic heterocycles. The summed E-state index contributed by atoms with van der Waals surface area (Å²) in [5, 5.41) is 0. The van der Waals surface area contributed by atoms with Crippen LogP contribution in [0.25, 0.3) is 0 Å². The number of rotatable bonds is 2. The molecule has 0 saturated heterocycles. The Morgan fingerprint density at radius 1 is 1.54 bits per heavy atom. The molecule has 1 aliphatic rings. The van der Waals surface area contributed by atoms with Gasteiger partial charge >= 0.3 is 5.97 Å². The highest BCUT2D eigenvalue weighted by Gasteiger charge is 2.22. The first-order valence-electron chi connectivity index (χ1n) is 4.25. The SMILES string of the molecule is CCOC(=O)C1=CCC=C(C)C1=O. The molecule has 0 spiro atoms. The topological polar surface area (TPSA) is 43.4 Å². The molecule has 0 aromatic rings. The fourth-order valence-corrected chi connectivity index (χ4v) is 1.14. The largest absolute Gasteiger partial charge is 0.462 e. The summed E-state index contributed by atoms with van der Waals surface area (Å²) in [6.45, 7) is 3.72. The van der Waals surface area contributed by atoms with Crippen LogP contribution < -0.4 is 0 Å². The van der Waals surface area contributed by atoms with Crippen LogP contribution in [0.1, 0.15) is 20.3 Å². The maximum atomic E-state index is 11.4. The summed E-state index contributed by atoms with van der Waals surface area (Å²) >= 11 is 0. The number of Topliss-reactive ketones (excluding diaryl/α,β-unsaturated/α-hetero) is 1. The van der Waals surface area contributed by atoms with E-state index < -0.39 is 5.97 Å². The van der Waals surface area contributed by atoms with Crippen LogP contribution >= 0.6 is 0 Å². The van der Waals surface area contributed by atoms with Crippen molar-refractivity contribution in [3.63, 3.8) is 0 Å². The van der Waals surface area contributed by atoms with E-state index in [-0.39, 0.29) is 11.4 Å². The Morgan fingerprint density at radius 3 is 2.85 bits per heavy atom. The van der Waals surface area contributed by atoms with Gasteiger partial charge in [-0.1, -0.05) is 12.2 Å². The second-order valence-electron chi connectivity index (χ2n) is 2.79. The van der Waals surface area contributed by atoms with Crippen LogP contribution in [0.3, 0.4) is 0 Å². The number of ether oxygens (including phenoxy) is 1. The predicted molar refractivity (Wildman–Crippen MR) is 48.1 cm³/mol. The molecule has 3 heteroatoms. The maximum Gasteiger partial charge on any atom is 0.341 e. The summed E-state index contributed by atoms with van der Waals surface area (Å²) in [5.41, 5.74) is 0.785. The van der Waals surface area contributed by atoms with Crippen LogP contribution in [0.15, 0.2) is 23.3 Å². The first-order valence-corrected chi connectivity index (χ1v) is 4.25. The average molecular weight is 180 g/mol. The third kappa shape index (κ3) is 2.05. The molecular weight excluding hydrogens is 168 g/mol. The lowest BCUT2D eigenvalue weighted by Crippen LogP contribution is -2.18.